The molecule has 0 aliphatic carbocycles. The molecule has 2 aromatic rings. The Balaban J connectivity index is 0.00000288. The van der Waals surface area contributed by atoms with Crippen LogP contribution >= 0.6 is 0 Å². The maximum atomic E-state index is 6.01. The van der Waals surface area contributed by atoms with Crippen molar-refractivity contribution in [3.05, 3.63) is 65.7 Å². The van der Waals surface area contributed by atoms with Crippen molar-refractivity contribution in [3.8, 4) is 5.75 Å². The van der Waals surface area contributed by atoms with E-state index in [9.17, 15) is 0 Å². The molecule has 0 saturated carbocycles. The maximum Gasteiger partial charge on any atom is 0.223 e. The summed E-state index contributed by atoms with van der Waals surface area (Å²) < 4.78 is 7.01. The molecule has 0 N–H and O–H groups in total. The van der Waals surface area contributed by atoms with Crippen LogP contribution in [0.5, 0.6) is 5.75 Å². The van der Waals surface area contributed by atoms with Gasteiger partial charge in [-0.2, -0.15) is 0 Å². The van der Waals surface area contributed by atoms with Gasteiger partial charge in [0.15, 0.2) is 0 Å². The molecule has 0 unspecified atom stereocenters. The third-order valence-electron chi connectivity index (χ3n) is 4.67. The molecule has 0 radical (unpaired) electrons. The summed E-state index contributed by atoms with van der Waals surface area (Å²) in [6, 6.07) is 18.7. The fraction of sp³-hybridized carbons (Fsp3) is 0.333. The van der Waals surface area contributed by atoms with E-state index in [0.29, 0.717) is 0 Å². The minimum atomic E-state index is 0. The zero-order chi connectivity index (χ0) is 16.5. The number of hydrogen-bond donors (Lipinski definition) is 0. The molecule has 2 nitrogen and oxygen atoms in total. The van der Waals surface area contributed by atoms with Crippen LogP contribution in [0, 0.1) is 0 Å². The topological polar surface area (TPSA) is 9.23 Å². The van der Waals surface area contributed by atoms with E-state index in [0.717, 1.165) is 36.6 Å². The normalized spacial score (nSPS) is 11.3. The van der Waals surface area contributed by atoms with E-state index >= 15 is 0 Å². The zero-order valence-corrected chi connectivity index (χ0v) is 17.1. The Bertz CT molecular complexity index is 595. The summed E-state index contributed by atoms with van der Waals surface area (Å²) in [7, 11) is 0. The number of halogens is 1. The van der Waals surface area contributed by atoms with Crippen LogP contribution in [0.4, 0.5) is 0 Å². The highest BCUT2D eigenvalue weighted by atomic mass is 127. The number of hydrogen-bond acceptors (Lipinski definition) is 1. The lowest BCUT2D eigenvalue weighted by molar-refractivity contribution is -0.937. The molecule has 0 heterocycles. The number of nitrogens with zero attached hydrogens (tertiary/aromatic N) is 1. The highest BCUT2D eigenvalue weighted by Gasteiger charge is 2.21. The Morgan fingerprint density at radius 2 is 1.25 bits per heavy atom. The molecule has 0 amide bonds. The Hall–Kier alpha value is -1.33. The average Bonchev–Trinajstić information content (AvgIpc) is 2.63. The molecule has 2 rings (SSSR count). The Labute approximate surface area is 163 Å². The van der Waals surface area contributed by atoms with Crippen molar-refractivity contribution in [2.24, 2.45) is 0 Å². The second-order valence-electron chi connectivity index (χ2n) is 5.88. The van der Waals surface area contributed by atoms with Crippen molar-refractivity contribution < 1.29 is 33.2 Å². The van der Waals surface area contributed by atoms with Crippen LogP contribution in [-0.2, 0) is 0 Å². The van der Waals surface area contributed by atoms with Gasteiger partial charge in [0.25, 0.3) is 0 Å². The summed E-state index contributed by atoms with van der Waals surface area (Å²) in [6.07, 6.45) is 4.26. The highest BCUT2D eigenvalue weighted by Crippen LogP contribution is 2.16. The van der Waals surface area contributed by atoms with Gasteiger partial charge in [-0.15, -0.1) is 0 Å². The largest absolute Gasteiger partial charge is 1.00 e. The van der Waals surface area contributed by atoms with Crippen molar-refractivity contribution >= 4 is 12.2 Å². The highest BCUT2D eigenvalue weighted by molar-refractivity contribution is 5.69. The minimum Gasteiger partial charge on any atom is -1.00 e. The first-order valence-electron chi connectivity index (χ1n) is 8.52. The standard InChI is InChI=1S/C21H28NO.HI/c1-4-22(5-2,6-3)18-23-21-16-14-20(15-17-21)13-12-19-10-8-7-9-11-19;/h7-17H,4-6,18H2,1-3H3;1H/q+1;/p-1/b13-12+;. The SMILES string of the molecule is CC[N+](CC)(CC)COc1ccc(/C=C/c2ccccc2)cc1.[I-]. The molecule has 3 heteroatoms. The van der Waals surface area contributed by atoms with Crippen molar-refractivity contribution in [1.82, 2.24) is 0 Å². The lowest BCUT2D eigenvalue weighted by Crippen LogP contribution is -3.00. The van der Waals surface area contributed by atoms with Crippen LogP contribution in [0.1, 0.15) is 31.9 Å². The van der Waals surface area contributed by atoms with Crippen LogP contribution in [0.3, 0.4) is 0 Å². The van der Waals surface area contributed by atoms with Gasteiger partial charge < -0.3 is 28.7 Å². The van der Waals surface area contributed by atoms with Crippen molar-refractivity contribution in [2.75, 3.05) is 26.4 Å². The van der Waals surface area contributed by atoms with Gasteiger partial charge in [-0.05, 0) is 44.0 Å². The fourth-order valence-corrected chi connectivity index (χ4v) is 2.59. The Morgan fingerprint density at radius 1 is 0.750 bits per heavy atom. The average molecular weight is 437 g/mol. The monoisotopic (exact) mass is 437 g/mol. The third kappa shape index (κ3) is 5.95. The molecular weight excluding hydrogens is 409 g/mol. The van der Waals surface area contributed by atoms with Crippen LogP contribution in [0.25, 0.3) is 12.2 Å². The van der Waals surface area contributed by atoms with E-state index in [1.165, 1.54) is 11.1 Å². The second kappa shape index (κ2) is 10.5. The number of quaternary nitrogens is 1. The Kier molecular flexibility index (Phi) is 9.08. The van der Waals surface area contributed by atoms with E-state index in [1.54, 1.807) is 0 Å². The molecule has 130 valence electrons. The number of ether oxygens (including phenoxy) is 1. The molecule has 0 atom stereocenters. The molecule has 0 bridgehead atoms. The van der Waals surface area contributed by atoms with Gasteiger partial charge in [0.1, 0.15) is 5.75 Å². The van der Waals surface area contributed by atoms with Crippen molar-refractivity contribution in [1.29, 1.82) is 0 Å². The first-order chi connectivity index (χ1) is 11.2. The zero-order valence-electron chi connectivity index (χ0n) is 14.9. The van der Waals surface area contributed by atoms with Gasteiger partial charge in [-0.25, -0.2) is 0 Å². The van der Waals surface area contributed by atoms with Crippen LogP contribution < -0.4 is 28.7 Å². The first-order valence-corrected chi connectivity index (χ1v) is 8.52. The lowest BCUT2D eigenvalue weighted by Gasteiger charge is -2.34. The summed E-state index contributed by atoms with van der Waals surface area (Å²) in [5.74, 6) is 0.944. The van der Waals surface area contributed by atoms with E-state index in [-0.39, 0.29) is 24.0 Å². The molecule has 0 aliphatic rings. The molecular formula is C21H28INO. The lowest BCUT2D eigenvalue weighted by atomic mass is 10.1. The Morgan fingerprint density at radius 3 is 1.75 bits per heavy atom. The quantitative estimate of drug-likeness (QED) is 0.266. The van der Waals surface area contributed by atoms with E-state index in [4.69, 9.17) is 4.74 Å². The predicted octanol–water partition coefficient (Wildman–Crippen LogP) is 2.07. The second-order valence-corrected chi connectivity index (χ2v) is 5.88. The van der Waals surface area contributed by atoms with E-state index in [2.05, 4.69) is 81.5 Å². The van der Waals surface area contributed by atoms with E-state index in [1.807, 2.05) is 6.07 Å². The molecule has 0 fully saturated rings. The fourth-order valence-electron chi connectivity index (χ4n) is 2.59. The van der Waals surface area contributed by atoms with Gasteiger partial charge in [-0.1, -0.05) is 54.6 Å². The first kappa shape index (κ1) is 20.7. The molecule has 0 saturated heterocycles. The van der Waals surface area contributed by atoms with Crippen LogP contribution in [0.2, 0.25) is 0 Å². The summed E-state index contributed by atoms with van der Waals surface area (Å²) in [6.45, 7) is 10.7. The molecule has 0 aliphatic heterocycles. The summed E-state index contributed by atoms with van der Waals surface area (Å²) in [5, 5.41) is 0. The maximum absolute atomic E-state index is 6.01. The van der Waals surface area contributed by atoms with Gasteiger partial charge >= 0.3 is 0 Å². The minimum absolute atomic E-state index is 0. The van der Waals surface area contributed by atoms with Crippen molar-refractivity contribution in [2.45, 2.75) is 20.8 Å². The smallest absolute Gasteiger partial charge is 0.223 e. The summed E-state index contributed by atoms with van der Waals surface area (Å²) >= 11 is 0. The van der Waals surface area contributed by atoms with Crippen LogP contribution in [-0.4, -0.2) is 30.8 Å². The predicted molar refractivity (Wildman–Crippen MR) is 99.2 cm³/mol. The summed E-state index contributed by atoms with van der Waals surface area (Å²) in [4.78, 5) is 0. The molecule has 2 aromatic carbocycles. The van der Waals surface area contributed by atoms with Gasteiger partial charge in [0, 0.05) is 0 Å². The van der Waals surface area contributed by atoms with Crippen LogP contribution in [0.15, 0.2) is 54.6 Å². The number of benzene rings is 2. The van der Waals surface area contributed by atoms with Gasteiger partial charge in [-0.3, -0.25) is 4.48 Å². The third-order valence-corrected chi connectivity index (χ3v) is 4.67. The molecule has 24 heavy (non-hydrogen) atoms. The van der Waals surface area contributed by atoms with Crippen molar-refractivity contribution in [3.63, 3.8) is 0 Å². The summed E-state index contributed by atoms with van der Waals surface area (Å²) in [5.41, 5.74) is 2.40. The van der Waals surface area contributed by atoms with Gasteiger partial charge in [0.2, 0.25) is 6.73 Å². The molecule has 0 spiro atoms. The van der Waals surface area contributed by atoms with E-state index < -0.39 is 0 Å². The number of rotatable bonds is 8. The van der Waals surface area contributed by atoms with Gasteiger partial charge in [0.05, 0.1) is 19.6 Å². The molecule has 0 aromatic heterocycles.